The molecule has 0 radical (unpaired) electrons. The van der Waals surface area contributed by atoms with E-state index in [-0.39, 0.29) is 5.41 Å². The first-order valence-electron chi connectivity index (χ1n) is 16.6. The van der Waals surface area contributed by atoms with E-state index in [2.05, 4.69) is 144 Å². The number of nitrogens with zero attached hydrogens (tertiary/aromatic N) is 4. The Bertz CT molecular complexity index is 2990. The van der Waals surface area contributed by atoms with Crippen molar-refractivity contribution >= 4 is 54.4 Å². The number of benzene rings is 7. The Labute approximate surface area is 282 Å². The highest BCUT2D eigenvalue weighted by molar-refractivity contribution is 6.21. The molecule has 49 heavy (non-hydrogen) atoms. The van der Waals surface area contributed by atoms with Crippen LogP contribution < -0.4 is 0 Å². The number of fused-ring (bicyclic) bond motifs is 12. The van der Waals surface area contributed by atoms with Gasteiger partial charge in [-0.15, -0.1) is 0 Å². The zero-order chi connectivity index (χ0) is 33.0. The Balaban J connectivity index is 1.29. The summed E-state index contributed by atoms with van der Waals surface area (Å²) in [5.41, 5.74) is 11.4. The van der Waals surface area contributed by atoms with Crippen molar-refractivity contribution in [1.82, 2.24) is 9.13 Å². The predicted octanol–water partition coefficient (Wildman–Crippen LogP) is 11.1. The molecule has 4 heteroatoms. The van der Waals surface area contributed by atoms with E-state index in [0.717, 1.165) is 49.0 Å². The van der Waals surface area contributed by atoms with E-state index in [9.17, 15) is 10.5 Å². The summed E-state index contributed by atoms with van der Waals surface area (Å²) in [6.45, 7) is 4.61. The van der Waals surface area contributed by atoms with Crippen LogP contribution in [0.15, 0.2) is 133 Å². The van der Waals surface area contributed by atoms with Crippen molar-refractivity contribution in [2.45, 2.75) is 19.3 Å². The maximum atomic E-state index is 10.8. The van der Waals surface area contributed by atoms with Gasteiger partial charge >= 0.3 is 0 Å². The van der Waals surface area contributed by atoms with Crippen molar-refractivity contribution in [2.24, 2.45) is 0 Å². The molecule has 0 amide bonds. The first-order chi connectivity index (χ1) is 24.0. The maximum Gasteiger partial charge on any atom is 0.101 e. The van der Waals surface area contributed by atoms with Crippen LogP contribution in [0, 0.1) is 22.7 Å². The van der Waals surface area contributed by atoms with Gasteiger partial charge in [-0.1, -0.05) is 111 Å². The van der Waals surface area contributed by atoms with Crippen LogP contribution >= 0.6 is 0 Å². The van der Waals surface area contributed by atoms with Gasteiger partial charge in [-0.25, -0.2) is 0 Å². The summed E-state index contributed by atoms with van der Waals surface area (Å²) in [6, 6.07) is 51.4. The topological polar surface area (TPSA) is 57.4 Å². The van der Waals surface area contributed by atoms with Crippen molar-refractivity contribution in [3.05, 3.63) is 156 Å². The Kier molecular flexibility index (Phi) is 5.44. The van der Waals surface area contributed by atoms with Crippen LogP contribution in [0.3, 0.4) is 0 Å². The van der Waals surface area contributed by atoms with Gasteiger partial charge < -0.3 is 9.13 Å². The molecule has 2 heterocycles. The fourth-order valence-electron chi connectivity index (χ4n) is 8.72. The molecule has 0 N–H and O–H groups in total. The zero-order valence-electron chi connectivity index (χ0n) is 27.0. The first-order valence-corrected chi connectivity index (χ1v) is 16.6. The third-order valence-electron chi connectivity index (χ3n) is 10.8. The molecule has 0 saturated carbocycles. The Morgan fingerprint density at radius 2 is 1.02 bits per heavy atom. The molecule has 0 spiro atoms. The minimum Gasteiger partial charge on any atom is -0.308 e. The van der Waals surface area contributed by atoms with E-state index in [0.29, 0.717) is 22.5 Å². The molecule has 0 saturated heterocycles. The second kappa shape index (κ2) is 9.71. The van der Waals surface area contributed by atoms with Crippen molar-refractivity contribution in [3.63, 3.8) is 0 Å². The smallest absolute Gasteiger partial charge is 0.101 e. The molecular weight excluding hydrogens is 597 g/mol. The van der Waals surface area contributed by atoms with Gasteiger partial charge in [-0.3, -0.25) is 0 Å². The van der Waals surface area contributed by atoms with Gasteiger partial charge in [0, 0.05) is 27.0 Å². The predicted molar refractivity (Wildman–Crippen MR) is 200 cm³/mol. The van der Waals surface area contributed by atoms with Gasteiger partial charge in [0.25, 0.3) is 0 Å². The number of rotatable bonds is 2. The molecule has 7 aromatic carbocycles. The van der Waals surface area contributed by atoms with E-state index < -0.39 is 0 Å². The molecule has 1 aliphatic rings. The van der Waals surface area contributed by atoms with Crippen LogP contribution in [0.25, 0.3) is 76.9 Å². The van der Waals surface area contributed by atoms with E-state index >= 15 is 0 Å². The number of hydrogen-bond acceptors (Lipinski definition) is 2. The molecule has 1 aliphatic carbocycles. The molecule has 228 valence electrons. The molecule has 9 aromatic rings. The summed E-state index contributed by atoms with van der Waals surface area (Å²) in [7, 11) is 0. The van der Waals surface area contributed by atoms with Crippen molar-refractivity contribution < 1.29 is 0 Å². The molecule has 4 nitrogen and oxygen atoms in total. The van der Waals surface area contributed by atoms with Crippen molar-refractivity contribution in [1.29, 1.82) is 10.5 Å². The highest BCUT2D eigenvalue weighted by Crippen LogP contribution is 2.53. The van der Waals surface area contributed by atoms with Crippen molar-refractivity contribution in [3.8, 4) is 34.6 Å². The summed E-state index contributed by atoms with van der Waals surface area (Å²) in [6.07, 6.45) is 0. The highest BCUT2D eigenvalue weighted by Gasteiger charge is 2.38. The molecule has 10 rings (SSSR count). The lowest BCUT2D eigenvalue weighted by molar-refractivity contribution is 0.666. The Hall–Kier alpha value is -6.62. The highest BCUT2D eigenvalue weighted by atomic mass is 15.0. The monoisotopic (exact) mass is 624 g/mol. The first kappa shape index (κ1) is 27.5. The SMILES string of the molecule is CC1(C)c2ccccc2-c2ccc3c(c21)c1ccccc1n3-c1cc(C#N)c(-n2c3ccccc3c3c4ccccc4ccc32)cc1C#N. The summed E-state index contributed by atoms with van der Waals surface area (Å²) >= 11 is 0. The van der Waals surface area contributed by atoms with Gasteiger partial charge in [0.1, 0.15) is 12.1 Å². The molecule has 0 unspecified atom stereocenters. The van der Waals surface area contributed by atoms with Crippen LogP contribution in [0.1, 0.15) is 36.1 Å². The maximum absolute atomic E-state index is 10.8. The quantitative estimate of drug-likeness (QED) is 0.192. The molecule has 0 aliphatic heterocycles. The van der Waals surface area contributed by atoms with E-state index in [1.165, 1.54) is 27.6 Å². The zero-order valence-corrected chi connectivity index (χ0v) is 27.0. The summed E-state index contributed by atoms with van der Waals surface area (Å²) in [5.74, 6) is 0. The second-order valence-electron chi connectivity index (χ2n) is 13.5. The number of para-hydroxylation sites is 2. The normalized spacial score (nSPS) is 13.2. The third kappa shape index (κ3) is 3.50. The van der Waals surface area contributed by atoms with Gasteiger partial charge in [0.05, 0.1) is 44.6 Å². The summed E-state index contributed by atoms with van der Waals surface area (Å²) < 4.78 is 4.34. The number of nitriles is 2. The minimum absolute atomic E-state index is 0.208. The summed E-state index contributed by atoms with van der Waals surface area (Å²) in [5, 5.41) is 28.5. The lowest BCUT2D eigenvalue weighted by Gasteiger charge is -2.22. The second-order valence-corrected chi connectivity index (χ2v) is 13.5. The van der Waals surface area contributed by atoms with Crippen LogP contribution in [-0.2, 0) is 5.41 Å². The summed E-state index contributed by atoms with van der Waals surface area (Å²) in [4.78, 5) is 0. The van der Waals surface area contributed by atoms with Gasteiger partial charge in [0.2, 0.25) is 0 Å². The third-order valence-corrected chi connectivity index (χ3v) is 10.8. The largest absolute Gasteiger partial charge is 0.308 e. The van der Waals surface area contributed by atoms with Crippen molar-refractivity contribution in [2.75, 3.05) is 0 Å². The standard InChI is InChI=1S/C45H28N4/c1-45(2)35-16-8-5-13-31(35)32-20-22-39-43(44(32)45)34-15-7-10-18-37(34)49(39)41-24-28(25-46)40(23-29(41)26-47)48-36-17-9-6-14-33(36)42-30-12-4-3-11-27(30)19-21-38(42)48/h3-24H,1-2H3. The minimum atomic E-state index is -0.208. The Morgan fingerprint density at radius 1 is 0.490 bits per heavy atom. The average Bonchev–Trinajstić information content (AvgIpc) is 3.74. The molecule has 0 fully saturated rings. The molecule has 0 bridgehead atoms. The van der Waals surface area contributed by atoms with E-state index in [1.807, 2.05) is 24.3 Å². The molecular formula is C45H28N4. The van der Waals surface area contributed by atoms with Gasteiger partial charge in [-0.2, -0.15) is 10.5 Å². The average molecular weight is 625 g/mol. The molecule has 2 aromatic heterocycles. The van der Waals surface area contributed by atoms with Crippen LogP contribution in [0.5, 0.6) is 0 Å². The van der Waals surface area contributed by atoms with Crippen LogP contribution in [-0.4, -0.2) is 9.13 Å². The lowest BCUT2D eigenvalue weighted by atomic mass is 9.80. The van der Waals surface area contributed by atoms with E-state index in [1.54, 1.807) is 0 Å². The fraction of sp³-hybridized carbons (Fsp3) is 0.0667. The van der Waals surface area contributed by atoms with Crippen LogP contribution in [0.2, 0.25) is 0 Å². The van der Waals surface area contributed by atoms with Gasteiger partial charge in [0.15, 0.2) is 0 Å². The number of aromatic nitrogens is 2. The molecule has 0 atom stereocenters. The number of hydrogen-bond donors (Lipinski definition) is 0. The van der Waals surface area contributed by atoms with Gasteiger partial charge in [-0.05, 0) is 69.4 Å². The Morgan fingerprint density at radius 3 is 1.69 bits per heavy atom. The van der Waals surface area contributed by atoms with Crippen LogP contribution in [0.4, 0.5) is 0 Å². The fourth-order valence-corrected chi connectivity index (χ4v) is 8.72. The van der Waals surface area contributed by atoms with E-state index in [4.69, 9.17) is 0 Å². The lowest BCUT2D eigenvalue weighted by Crippen LogP contribution is -2.15.